The van der Waals surface area contributed by atoms with Crippen LogP contribution in [0.5, 0.6) is 0 Å². The molecule has 3 heteroatoms. The van der Waals surface area contributed by atoms with Gasteiger partial charge >= 0.3 is 5.97 Å². The highest BCUT2D eigenvalue weighted by Crippen LogP contribution is 2.22. The molecule has 1 atom stereocenters. The first kappa shape index (κ1) is 15.0. The van der Waals surface area contributed by atoms with Gasteiger partial charge in [-0.05, 0) is 51.2 Å². The molecule has 1 aliphatic rings. The van der Waals surface area contributed by atoms with E-state index >= 15 is 0 Å². The fourth-order valence-corrected chi connectivity index (χ4v) is 2.53. The molecule has 1 saturated carbocycles. The van der Waals surface area contributed by atoms with E-state index < -0.39 is 0 Å². The van der Waals surface area contributed by atoms with E-state index in [1.807, 2.05) is 6.92 Å². The summed E-state index contributed by atoms with van der Waals surface area (Å²) in [6.45, 7) is 6.56. The van der Waals surface area contributed by atoms with Crippen LogP contribution < -0.4 is 5.32 Å². The SMILES string of the molecule is CCOC(=O)CC(Cc1ccc(C)cc1C)NC1CC1. The van der Waals surface area contributed by atoms with E-state index in [1.54, 1.807) is 0 Å². The van der Waals surface area contributed by atoms with Gasteiger partial charge in [-0.3, -0.25) is 4.79 Å². The van der Waals surface area contributed by atoms with E-state index in [0.717, 1.165) is 6.42 Å². The van der Waals surface area contributed by atoms with Gasteiger partial charge in [-0.15, -0.1) is 0 Å². The molecule has 0 bridgehead atoms. The van der Waals surface area contributed by atoms with Crippen LogP contribution in [0, 0.1) is 13.8 Å². The Morgan fingerprint density at radius 1 is 1.40 bits per heavy atom. The van der Waals surface area contributed by atoms with Crippen molar-refractivity contribution in [3.05, 3.63) is 34.9 Å². The van der Waals surface area contributed by atoms with Gasteiger partial charge in [0.15, 0.2) is 0 Å². The van der Waals surface area contributed by atoms with Gasteiger partial charge in [0.1, 0.15) is 0 Å². The minimum atomic E-state index is -0.101. The number of ether oxygens (including phenoxy) is 1. The summed E-state index contributed by atoms with van der Waals surface area (Å²) < 4.78 is 5.08. The first-order valence-corrected chi connectivity index (χ1v) is 7.56. The fraction of sp³-hybridized carbons (Fsp3) is 0.588. The molecular weight excluding hydrogens is 250 g/mol. The quantitative estimate of drug-likeness (QED) is 0.778. The Hall–Kier alpha value is -1.35. The Morgan fingerprint density at radius 2 is 2.15 bits per heavy atom. The van der Waals surface area contributed by atoms with Crippen molar-refractivity contribution in [3.8, 4) is 0 Å². The highest BCUT2D eigenvalue weighted by atomic mass is 16.5. The molecule has 1 aliphatic carbocycles. The van der Waals surface area contributed by atoms with Crippen LogP contribution in [-0.4, -0.2) is 24.7 Å². The van der Waals surface area contributed by atoms with Crippen LogP contribution in [0.3, 0.4) is 0 Å². The Morgan fingerprint density at radius 3 is 2.75 bits per heavy atom. The lowest BCUT2D eigenvalue weighted by atomic mass is 9.97. The second kappa shape index (κ2) is 6.89. The molecule has 0 aliphatic heterocycles. The minimum absolute atomic E-state index is 0.101. The van der Waals surface area contributed by atoms with Crippen LogP contribution in [0.2, 0.25) is 0 Å². The van der Waals surface area contributed by atoms with Crippen LogP contribution in [0.25, 0.3) is 0 Å². The maximum atomic E-state index is 11.7. The highest BCUT2D eigenvalue weighted by molar-refractivity contribution is 5.70. The second-order valence-electron chi connectivity index (χ2n) is 5.78. The van der Waals surface area contributed by atoms with Gasteiger partial charge in [0, 0.05) is 12.1 Å². The smallest absolute Gasteiger partial charge is 0.307 e. The highest BCUT2D eigenvalue weighted by Gasteiger charge is 2.26. The third-order valence-corrected chi connectivity index (χ3v) is 3.73. The zero-order valence-electron chi connectivity index (χ0n) is 12.7. The van der Waals surface area contributed by atoms with Crippen molar-refractivity contribution in [2.45, 2.75) is 58.5 Å². The third kappa shape index (κ3) is 4.64. The molecule has 110 valence electrons. The number of carbonyl (C=O) groups excluding carboxylic acids is 1. The normalized spacial score (nSPS) is 15.9. The molecule has 0 radical (unpaired) electrons. The summed E-state index contributed by atoms with van der Waals surface area (Å²) in [5.74, 6) is -0.101. The average Bonchev–Trinajstić information content (AvgIpc) is 3.17. The molecule has 3 nitrogen and oxygen atoms in total. The number of hydrogen-bond acceptors (Lipinski definition) is 3. The third-order valence-electron chi connectivity index (χ3n) is 3.73. The summed E-state index contributed by atoms with van der Waals surface area (Å²) in [5, 5.41) is 3.57. The van der Waals surface area contributed by atoms with Crippen LogP contribution >= 0.6 is 0 Å². The van der Waals surface area contributed by atoms with Crippen molar-refractivity contribution in [1.29, 1.82) is 0 Å². The number of hydrogen-bond donors (Lipinski definition) is 1. The van der Waals surface area contributed by atoms with Gasteiger partial charge in [0.2, 0.25) is 0 Å². The molecule has 1 unspecified atom stereocenters. The predicted octanol–water partition coefficient (Wildman–Crippen LogP) is 2.92. The molecule has 1 aromatic carbocycles. The number of esters is 1. The van der Waals surface area contributed by atoms with Crippen LogP contribution in [0.15, 0.2) is 18.2 Å². The van der Waals surface area contributed by atoms with Crippen molar-refractivity contribution in [2.24, 2.45) is 0 Å². The van der Waals surface area contributed by atoms with Crippen LogP contribution in [0.4, 0.5) is 0 Å². The molecular formula is C17H25NO2. The summed E-state index contributed by atoms with van der Waals surface area (Å²) in [6.07, 6.45) is 3.80. The Balaban J connectivity index is 2.00. The molecule has 1 aromatic rings. The Bertz CT molecular complexity index is 466. The first-order chi connectivity index (χ1) is 9.58. The fourth-order valence-electron chi connectivity index (χ4n) is 2.53. The molecule has 0 heterocycles. The Labute approximate surface area is 121 Å². The average molecular weight is 275 g/mol. The van der Waals surface area contributed by atoms with Crippen molar-refractivity contribution < 1.29 is 9.53 Å². The predicted molar refractivity (Wildman–Crippen MR) is 80.8 cm³/mol. The summed E-state index contributed by atoms with van der Waals surface area (Å²) in [4.78, 5) is 11.7. The van der Waals surface area contributed by atoms with E-state index in [1.165, 1.54) is 29.5 Å². The lowest BCUT2D eigenvalue weighted by Crippen LogP contribution is -2.35. The van der Waals surface area contributed by atoms with Gasteiger partial charge in [-0.25, -0.2) is 0 Å². The van der Waals surface area contributed by atoms with Crippen LogP contribution in [0.1, 0.15) is 42.9 Å². The molecule has 1 fully saturated rings. The summed E-state index contributed by atoms with van der Waals surface area (Å²) in [6, 6.07) is 7.30. The molecule has 20 heavy (non-hydrogen) atoms. The summed E-state index contributed by atoms with van der Waals surface area (Å²) in [7, 11) is 0. The lowest BCUT2D eigenvalue weighted by molar-refractivity contribution is -0.143. The number of rotatable bonds is 7. The van der Waals surface area contributed by atoms with E-state index in [2.05, 4.69) is 37.4 Å². The van der Waals surface area contributed by atoms with Crippen LogP contribution in [-0.2, 0) is 16.0 Å². The second-order valence-corrected chi connectivity index (χ2v) is 5.78. The van der Waals surface area contributed by atoms with Crippen molar-refractivity contribution in [1.82, 2.24) is 5.32 Å². The summed E-state index contributed by atoms with van der Waals surface area (Å²) in [5.41, 5.74) is 3.90. The summed E-state index contributed by atoms with van der Waals surface area (Å²) >= 11 is 0. The molecule has 0 amide bonds. The van der Waals surface area contributed by atoms with Crippen molar-refractivity contribution >= 4 is 5.97 Å². The zero-order valence-corrected chi connectivity index (χ0v) is 12.7. The van der Waals surface area contributed by atoms with Crippen molar-refractivity contribution in [2.75, 3.05) is 6.61 Å². The largest absolute Gasteiger partial charge is 0.466 e. The Kier molecular flexibility index (Phi) is 5.18. The monoisotopic (exact) mass is 275 g/mol. The van der Waals surface area contributed by atoms with Gasteiger partial charge in [-0.2, -0.15) is 0 Å². The van der Waals surface area contributed by atoms with Gasteiger partial charge in [0.25, 0.3) is 0 Å². The first-order valence-electron chi connectivity index (χ1n) is 7.56. The topological polar surface area (TPSA) is 38.3 Å². The minimum Gasteiger partial charge on any atom is -0.466 e. The van der Waals surface area contributed by atoms with Gasteiger partial charge in [-0.1, -0.05) is 23.8 Å². The molecule has 0 spiro atoms. The lowest BCUT2D eigenvalue weighted by Gasteiger charge is -2.19. The maximum absolute atomic E-state index is 11.7. The maximum Gasteiger partial charge on any atom is 0.307 e. The number of nitrogens with one attached hydrogen (secondary N) is 1. The van der Waals surface area contributed by atoms with E-state index in [9.17, 15) is 4.79 Å². The molecule has 0 aromatic heterocycles. The van der Waals surface area contributed by atoms with E-state index in [4.69, 9.17) is 4.74 Å². The molecule has 0 saturated heterocycles. The van der Waals surface area contributed by atoms with E-state index in [-0.39, 0.29) is 12.0 Å². The van der Waals surface area contributed by atoms with Gasteiger partial charge < -0.3 is 10.1 Å². The zero-order chi connectivity index (χ0) is 14.5. The van der Waals surface area contributed by atoms with Gasteiger partial charge in [0.05, 0.1) is 13.0 Å². The standard InChI is InChI=1S/C17H25NO2/c1-4-20-17(19)11-16(18-15-7-8-15)10-14-6-5-12(2)9-13(14)3/h5-6,9,15-16,18H,4,7-8,10-11H2,1-3H3. The number of benzene rings is 1. The molecule has 1 N–H and O–H groups in total. The number of carbonyl (C=O) groups is 1. The van der Waals surface area contributed by atoms with E-state index in [0.29, 0.717) is 19.1 Å². The molecule has 2 rings (SSSR count). The van der Waals surface area contributed by atoms with Crippen molar-refractivity contribution in [3.63, 3.8) is 0 Å². The number of aryl methyl sites for hydroxylation is 2.